The largest absolute Gasteiger partial charge is 0.382 e. The molecule has 0 aromatic carbocycles. The van der Waals surface area contributed by atoms with Crippen LogP contribution in [0.4, 0.5) is 11.6 Å². The predicted molar refractivity (Wildman–Crippen MR) is 58.1 cm³/mol. The molecule has 0 bridgehead atoms. The van der Waals surface area contributed by atoms with Gasteiger partial charge in [-0.15, -0.1) is 0 Å². The number of nitrogens with one attached hydrogen (secondary N) is 1. The molecule has 0 aliphatic carbocycles. The Morgan fingerprint density at radius 1 is 1.43 bits per heavy atom. The first-order valence-corrected chi connectivity index (χ1v) is 4.64. The van der Waals surface area contributed by atoms with Gasteiger partial charge in [0, 0.05) is 6.54 Å². The van der Waals surface area contributed by atoms with Gasteiger partial charge in [-0.05, 0) is 27.1 Å². The molecular weight excluding hydrogens is 178 g/mol. The van der Waals surface area contributed by atoms with E-state index in [1.807, 2.05) is 0 Å². The zero-order chi connectivity index (χ0) is 10.4. The van der Waals surface area contributed by atoms with Crippen LogP contribution in [-0.4, -0.2) is 42.1 Å². The van der Waals surface area contributed by atoms with Gasteiger partial charge in [0.05, 0.1) is 12.4 Å². The van der Waals surface area contributed by atoms with E-state index in [0.717, 1.165) is 25.3 Å². The number of rotatable bonds is 5. The lowest BCUT2D eigenvalue weighted by Crippen LogP contribution is -2.16. The van der Waals surface area contributed by atoms with Crippen LogP contribution in [0.2, 0.25) is 0 Å². The average molecular weight is 195 g/mol. The van der Waals surface area contributed by atoms with Crippen LogP contribution in [0.3, 0.4) is 0 Å². The Morgan fingerprint density at radius 2 is 2.21 bits per heavy atom. The van der Waals surface area contributed by atoms with Gasteiger partial charge >= 0.3 is 0 Å². The van der Waals surface area contributed by atoms with Crippen molar-refractivity contribution in [3.05, 3.63) is 12.4 Å². The quantitative estimate of drug-likeness (QED) is 0.667. The molecule has 0 aliphatic heterocycles. The second-order valence-corrected chi connectivity index (χ2v) is 3.41. The number of hydrogen-bond acceptors (Lipinski definition) is 5. The lowest BCUT2D eigenvalue weighted by Gasteiger charge is -2.09. The van der Waals surface area contributed by atoms with Crippen molar-refractivity contribution in [1.29, 1.82) is 0 Å². The highest BCUT2D eigenvalue weighted by Crippen LogP contribution is 2.02. The number of aromatic nitrogens is 2. The van der Waals surface area contributed by atoms with E-state index in [9.17, 15) is 0 Å². The smallest absolute Gasteiger partial charge is 0.146 e. The molecule has 78 valence electrons. The van der Waals surface area contributed by atoms with Crippen LogP contribution in [0.15, 0.2) is 12.4 Å². The standard InChI is InChI=1S/C9H17N5/c1-14(2)5-3-4-12-9-7-11-6-8(10)13-9/h6-7H,3-5H2,1-2H3,(H3,10,12,13). The summed E-state index contributed by atoms with van der Waals surface area (Å²) in [6.07, 6.45) is 4.28. The normalized spacial score (nSPS) is 10.5. The molecule has 0 spiro atoms. The Bertz CT molecular complexity index is 274. The fourth-order valence-corrected chi connectivity index (χ4v) is 1.08. The molecule has 0 amide bonds. The fourth-order valence-electron chi connectivity index (χ4n) is 1.08. The molecule has 0 saturated carbocycles. The molecule has 0 aliphatic rings. The third kappa shape index (κ3) is 4.04. The van der Waals surface area contributed by atoms with Crippen molar-refractivity contribution >= 4 is 11.6 Å². The van der Waals surface area contributed by atoms with Gasteiger partial charge in [0.1, 0.15) is 11.6 Å². The minimum Gasteiger partial charge on any atom is -0.382 e. The molecule has 5 heteroatoms. The molecule has 1 heterocycles. The molecule has 14 heavy (non-hydrogen) atoms. The molecule has 0 saturated heterocycles. The molecule has 0 fully saturated rings. The van der Waals surface area contributed by atoms with Gasteiger partial charge in [0.2, 0.25) is 0 Å². The summed E-state index contributed by atoms with van der Waals surface area (Å²) in [7, 11) is 4.11. The third-order valence-corrected chi connectivity index (χ3v) is 1.74. The van der Waals surface area contributed by atoms with E-state index in [-0.39, 0.29) is 0 Å². The van der Waals surface area contributed by atoms with Crippen LogP contribution < -0.4 is 11.1 Å². The molecular formula is C9H17N5. The first-order chi connectivity index (χ1) is 6.68. The van der Waals surface area contributed by atoms with Crippen LogP contribution in [0, 0.1) is 0 Å². The van der Waals surface area contributed by atoms with Crippen LogP contribution in [0.1, 0.15) is 6.42 Å². The van der Waals surface area contributed by atoms with Crippen molar-refractivity contribution in [1.82, 2.24) is 14.9 Å². The fraction of sp³-hybridized carbons (Fsp3) is 0.556. The summed E-state index contributed by atoms with van der Waals surface area (Å²) in [5.41, 5.74) is 5.49. The summed E-state index contributed by atoms with van der Waals surface area (Å²) in [6, 6.07) is 0. The van der Waals surface area contributed by atoms with Gasteiger partial charge in [-0.3, -0.25) is 4.98 Å². The lowest BCUT2D eigenvalue weighted by molar-refractivity contribution is 0.405. The second-order valence-electron chi connectivity index (χ2n) is 3.41. The zero-order valence-corrected chi connectivity index (χ0v) is 8.70. The summed E-state index contributed by atoms with van der Waals surface area (Å²) in [5, 5.41) is 3.16. The Labute approximate surface area is 84.3 Å². The number of hydrogen-bond donors (Lipinski definition) is 2. The van der Waals surface area contributed by atoms with Crippen LogP contribution in [0.5, 0.6) is 0 Å². The van der Waals surface area contributed by atoms with E-state index in [4.69, 9.17) is 5.73 Å². The Balaban J connectivity index is 2.25. The van der Waals surface area contributed by atoms with Gasteiger partial charge < -0.3 is 16.0 Å². The Hall–Kier alpha value is -1.36. The second kappa shape index (κ2) is 5.39. The van der Waals surface area contributed by atoms with Crippen molar-refractivity contribution in [2.24, 2.45) is 0 Å². The van der Waals surface area contributed by atoms with E-state index in [2.05, 4.69) is 34.3 Å². The van der Waals surface area contributed by atoms with Crippen LogP contribution >= 0.6 is 0 Å². The van der Waals surface area contributed by atoms with Crippen LogP contribution in [-0.2, 0) is 0 Å². The molecule has 1 rings (SSSR count). The van der Waals surface area contributed by atoms with Crippen molar-refractivity contribution in [2.75, 3.05) is 38.2 Å². The molecule has 0 atom stereocenters. The average Bonchev–Trinajstić information content (AvgIpc) is 2.12. The zero-order valence-electron chi connectivity index (χ0n) is 8.70. The monoisotopic (exact) mass is 195 g/mol. The molecule has 1 aromatic rings. The number of anilines is 2. The maximum absolute atomic E-state index is 5.49. The first-order valence-electron chi connectivity index (χ1n) is 4.64. The molecule has 0 unspecified atom stereocenters. The number of nitrogen functional groups attached to an aromatic ring is 1. The Kier molecular flexibility index (Phi) is 4.12. The SMILES string of the molecule is CN(C)CCCNc1cncc(N)n1. The van der Waals surface area contributed by atoms with E-state index >= 15 is 0 Å². The van der Waals surface area contributed by atoms with Gasteiger partial charge in [-0.2, -0.15) is 0 Å². The van der Waals surface area contributed by atoms with Gasteiger partial charge in [0.25, 0.3) is 0 Å². The predicted octanol–water partition coefficient (Wildman–Crippen LogP) is 0.422. The van der Waals surface area contributed by atoms with Crippen LogP contribution in [0.25, 0.3) is 0 Å². The number of nitrogens with zero attached hydrogens (tertiary/aromatic N) is 3. The van der Waals surface area contributed by atoms with Gasteiger partial charge in [-0.1, -0.05) is 0 Å². The van der Waals surface area contributed by atoms with E-state index in [1.165, 1.54) is 6.20 Å². The summed E-state index contributed by atoms with van der Waals surface area (Å²) in [4.78, 5) is 10.2. The summed E-state index contributed by atoms with van der Waals surface area (Å²) in [6.45, 7) is 1.94. The molecule has 1 aromatic heterocycles. The topological polar surface area (TPSA) is 67.1 Å². The highest BCUT2D eigenvalue weighted by molar-refractivity contribution is 5.38. The van der Waals surface area contributed by atoms with Gasteiger partial charge in [-0.25, -0.2) is 4.98 Å². The highest BCUT2D eigenvalue weighted by atomic mass is 15.1. The summed E-state index contributed by atoms with van der Waals surface area (Å²) < 4.78 is 0. The van der Waals surface area contributed by atoms with Crippen molar-refractivity contribution in [2.45, 2.75) is 6.42 Å². The molecule has 0 radical (unpaired) electrons. The van der Waals surface area contributed by atoms with Crippen molar-refractivity contribution in [3.8, 4) is 0 Å². The lowest BCUT2D eigenvalue weighted by atomic mass is 10.4. The van der Waals surface area contributed by atoms with Gasteiger partial charge in [0.15, 0.2) is 0 Å². The minimum atomic E-state index is 0.447. The van der Waals surface area contributed by atoms with Crippen molar-refractivity contribution in [3.63, 3.8) is 0 Å². The molecule has 3 N–H and O–H groups in total. The Morgan fingerprint density at radius 3 is 2.86 bits per heavy atom. The highest BCUT2D eigenvalue weighted by Gasteiger charge is 1.95. The maximum atomic E-state index is 5.49. The van der Waals surface area contributed by atoms with E-state index < -0.39 is 0 Å². The maximum Gasteiger partial charge on any atom is 0.146 e. The van der Waals surface area contributed by atoms with E-state index in [0.29, 0.717) is 5.82 Å². The first kappa shape index (κ1) is 10.7. The number of nitrogens with two attached hydrogens (primary N) is 1. The summed E-state index contributed by atoms with van der Waals surface area (Å²) >= 11 is 0. The minimum absolute atomic E-state index is 0.447. The van der Waals surface area contributed by atoms with E-state index in [1.54, 1.807) is 6.20 Å². The third-order valence-electron chi connectivity index (χ3n) is 1.74. The molecule has 5 nitrogen and oxygen atoms in total. The van der Waals surface area contributed by atoms with Crippen molar-refractivity contribution < 1.29 is 0 Å². The summed E-state index contributed by atoms with van der Waals surface area (Å²) in [5.74, 6) is 1.19.